The summed E-state index contributed by atoms with van der Waals surface area (Å²) in [6.45, 7) is 1.35. The molecule has 1 saturated heterocycles. The van der Waals surface area contributed by atoms with Crippen molar-refractivity contribution in [1.29, 1.82) is 0 Å². The van der Waals surface area contributed by atoms with E-state index in [1.54, 1.807) is 6.07 Å². The van der Waals surface area contributed by atoms with Gasteiger partial charge >= 0.3 is 6.18 Å². The van der Waals surface area contributed by atoms with Crippen LogP contribution in [-0.4, -0.2) is 23.1 Å². The number of likely N-dealkylation sites (tertiary alicyclic amines) is 1. The zero-order valence-electron chi connectivity index (χ0n) is 13.6. The number of piperidine rings is 1. The van der Waals surface area contributed by atoms with E-state index >= 15 is 0 Å². The Labute approximate surface area is 153 Å². The first-order valence-electron chi connectivity index (χ1n) is 8.14. The second kappa shape index (κ2) is 7.09. The summed E-state index contributed by atoms with van der Waals surface area (Å²) in [5, 5.41) is 10.9. The van der Waals surface area contributed by atoms with E-state index in [1.807, 2.05) is 29.2 Å². The molecule has 134 valence electrons. The average molecular weight is 414 g/mol. The first-order valence-corrected chi connectivity index (χ1v) is 8.93. The Morgan fingerprint density at radius 1 is 1.00 bits per heavy atom. The normalized spacial score (nSPS) is 18.3. The lowest BCUT2D eigenvalue weighted by atomic mass is 9.84. The molecule has 1 aliphatic heterocycles. The van der Waals surface area contributed by atoms with Crippen LogP contribution in [0.25, 0.3) is 0 Å². The molecule has 2 nitrogen and oxygen atoms in total. The molecule has 1 fully saturated rings. The van der Waals surface area contributed by atoms with E-state index in [-0.39, 0.29) is 12.1 Å². The minimum Gasteiger partial charge on any atom is -0.385 e. The van der Waals surface area contributed by atoms with Crippen molar-refractivity contribution in [3.05, 3.63) is 69.7 Å². The number of aliphatic hydroxyl groups is 1. The van der Waals surface area contributed by atoms with E-state index in [0.29, 0.717) is 25.9 Å². The van der Waals surface area contributed by atoms with Gasteiger partial charge in [-0.15, -0.1) is 0 Å². The van der Waals surface area contributed by atoms with E-state index in [9.17, 15) is 18.3 Å². The lowest BCUT2D eigenvalue weighted by Crippen LogP contribution is -2.42. The van der Waals surface area contributed by atoms with Gasteiger partial charge in [0.15, 0.2) is 0 Å². The molecule has 0 aliphatic carbocycles. The van der Waals surface area contributed by atoms with Crippen molar-refractivity contribution in [1.82, 2.24) is 4.90 Å². The van der Waals surface area contributed by atoms with Crippen molar-refractivity contribution in [3.8, 4) is 0 Å². The lowest BCUT2D eigenvalue weighted by molar-refractivity contribution is -0.138. The van der Waals surface area contributed by atoms with Crippen molar-refractivity contribution in [3.63, 3.8) is 0 Å². The maximum atomic E-state index is 13.1. The van der Waals surface area contributed by atoms with Crippen LogP contribution in [-0.2, 0) is 18.3 Å². The summed E-state index contributed by atoms with van der Waals surface area (Å²) in [4.78, 5) is 1.97. The first-order chi connectivity index (χ1) is 11.8. The van der Waals surface area contributed by atoms with Crippen LogP contribution in [0.5, 0.6) is 0 Å². The van der Waals surface area contributed by atoms with Gasteiger partial charge in [-0.3, -0.25) is 4.90 Å². The molecule has 0 atom stereocenters. The third kappa shape index (κ3) is 4.25. The van der Waals surface area contributed by atoms with Crippen LogP contribution >= 0.6 is 15.9 Å². The number of benzene rings is 2. The van der Waals surface area contributed by atoms with Crippen LogP contribution in [0.15, 0.2) is 53.0 Å². The molecule has 1 heterocycles. The minimum absolute atomic E-state index is 0.242. The van der Waals surface area contributed by atoms with Crippen LogP contribution in [0.3, 0.4) is 0 Å². The molecular weight excluding hydrogens is 395 g/mol. The molecule has 0 spiro atoms. The molecule has 0 amide bonds. The van der Waals surface area contributed by atoms with Crippen LogP contribution in [0, 0.1) is 0 Å². The monoisotopic (exact) mass is 413 g/mol. The van der Waals surface area contributed by atoms with Crippen LogP contribution in [0.2, 0.25) is 0 Å². The molecule has 0 saturated carbocycles. The van der Waals surface area contributed by atoms with Gasteiger partial charge in [0.05, 0.1) is 11.2 Å². The minimum atomic E-state index is -4.34. The zero-order valence-corrected chi connectivity index (χ0v) is 15.1. The quantitative estimate of drug-likeness (QED) is 0.768. The number of halogens is 4. The molecule has 6 heteroatoms. The smallest absolute Gasteiger partial charge is 0.385 e. The number of hydrogen-bond acceptors (Lipinski definition) is 2. The summed E-state index contributed by atoms with van der Waals surface area (Å²) < 4.78 is 40.3. The Balaban J connectivity index is 1.68. The molecule has 25 heavy (non-hydrogen) atoms. The summed E-state index contributed by atoms with van der Waals surface area (Å²) in [6, 6.07) is 13.2. The largest absolute Gasteiger partial charge is 0.416 e. The molecular formula is C19H19BrF3NO. The van der Waals surface area contributed by atoms with Gasteiger partial charge in [-0.05, 0) is 42.2 Å². The topological polar surface area (TPSA) is 23.5 Å². The Kier molecular flexibility index (Phi) is 5.23. The SMILES string of the molecule is OC1(c2ccc(Br)cc2)CCN(Cc2ccccc2C(F)(F)F)CC1. The second-order valence-corrected chi connectivity index (χ2v) is 7.39. The fourth-order valence-electron chi connectivity index (χ4n) is 3.31. The van der Waals surface area contributed by atoms with Crippen molar-refractivity contribution < 1.29 is 18.3 Å². The highest BCUT2D eigenvalue weighted by molar-refractivity contribution is 9.10. The number of hydrogen-bond donors (Lipinski definition) is 1. The molecule has 2 aromatic rings. The molecule has 1 aliphatic rings. The fourth-order valence-corrected chi connectivity index (χ4v) is 3.57. The Morgan fingerprint density at radius 3 is 2.20 bits per heavy atom. The van der Waals surface area contributed by atoms with Gasteiger partial charge < -0.3 is 5.11 Å². The maximum Gasteiger partial charge on any atom is 0.416 e. The Bertz CT molecular complexity index is 722. The van der Waals surface area contributed by atoms with Crippen molar-refractivity contribution in [2.24, 2.45) is 0 Å². The highest BCUT2D eigenvalue weighted by Gasteiger charge is 2.36. The van der Waals surface area contributed by atoms with E-state index in [4.69, 9.17) is 0 Å². The predicted octanol–water partition coefficient (Wildman–Crippen LogP) is 4.95. The highest BCUT2D eigenvalue weighted by Crippen LogP contribution is 2.36. The molecule has 0 radical (unpaired) electrons. The van der Waals surface area contributed by atoms with E-state index < -0.39 is 17.3 Å². The van der Waals surface area contributed by atoms with Gasteiger partial charge in [0.25, 0.3) is 0 Å². The molecule has 0 aromatic heterocycles. The van der Waals surface area contributed by atoms with E-state index in [2.05, 4.69) is 15.9 Å². The van der Waals surface area contributed by atoms with Crippen LogP contribution in [0.4, 0.5) is 13.2 Å². The summed E-state index contributed by atoms with van der Waals surface area (Å²) >= 11 is 3.37. The van der Waals surface area contributed by atoms with Gasteiger partial charge in [-0.2, -0.15) is 13.2 Å². The van der Waals surface area contributed by atoms with Crippen LogP contribution in [0.1, 0.15) is 29.5 Å². The Morgan fingerprint density at radius 2 is 1.60 bits per heavy atom. The standard InChI is InChI=1S/C19H19BrF3NO/c20-16-7-5-15(6-8-16)18(25)9-11-24(12-10-18)13-14-3-1-2-4-17(14)19(21,22)23/h1-8,25H,9-13H2. The van der Waals surface area contributed by atoms with Crippen molar-refractivity contribution >= 4 is 15.9 Å². The highest BCUT2D eigenvalue weighted by atomic mass is 79.9. The number of alkyl halides is 3. The summed E-state index contributed by atoms with van der Waals surface area (Å²) in [6.07, 6.45) is -3.34. The lowest BCUT2D eigenvalue weighted by Gasteiger charge is -2.38. The number of rotatable bonds is 3. The van der Waals surface area contributed by atoms with E-state index in [0.717, 1.165) is 16.1 Å². The van der Waals surface area contributed by atoms with E-state index in [1.165, 1.54) is 12.1 Å². The van der Waals surface area contributed by atoms with Gasteiger partial charge in [0.2, 0.25) is 0 Å². The van der Waals surface area contributed by atoms with Gasteiger partial charge in [-0.25, -0.2) is 0 Å². The van der Waals surface area contributed by atoms with Crippen LogP contribution < -0.4 is 0 Å². The molecule has 1 N–H and O–H groups in total. The molecule has 0 bridgehead atoms. The summed E-state index contributed by atoms with van der Waals surface area (Å²) in [5.41, 5.74) is -0.361. The fraction of sp³-hybridized carbons (Fsp3) is 0.368. The van der Waals surface area contributed by atoms with Gasteiger partial charge in [0.1, 0.15) is 0 Å². The predicted molar refractivity (Wildman–Crippen MR) is 94.0 cm³/mol. The molecule has 3 rings (SSSR count). The van der Waals surface area contributed by atoms with Gasteiger partial charge in [-0.1, -0.05) is 46.3 Å². The second-order valence-electron chi connectivity index (χ2n) is 6.47. The first kappa shape index (κ1) is 18.4. The number of nitrogens with zero attached hydrogens (tertiary/aromatic N) is 1. The summed E-state index contributed by atoms with van der Waals surface area (Å²) in [7, 11) is 0. The maximum absolute atomic E-state index is 13.1. The third-order valence-electron chi connectivity index (χ3n) is 4.78. The van der Waals surface area contributed by atoms with Crippen molar-refractivity contribution in [2.75, 3.05) is 13.1 Å². The van der Waals surface area contributed by atoms with Crippen molar-refractivity contribution in [2.45, 2.75) is 31.2 Å². The average Bonchev–Trinajstić information content (AvgIpc) is 2.57. The zero-order chi connectivity index (χ0) is 18.1. The molecule has 0 unspecified atom stereocenters. The summed E-state index contributed by atoms with van der Waals surface area (Å²) in [5.74, 6) is 0. The van der Waals surface area contributed by atoms with Gasteiger partial charge in [0, 0.05) is 24.1 Å². The molecule has 2 aromatic carbocycles. The Hall–Kier alpha value is -1.37. The third-order valence-corrected chi connectivity index (χ3v) is 5.31.